The normalized spacial score (nSPS) is 15.8. The van der Waals surface area contributed by atoms with Crippen molar-refractivity contribution < 1.29 is 9.53 Å². The molecule has 0 atom stereocenters. The molecular weight excluding hydrogens is 320 g/mol. The fourth-order valence-corrected chi connectivity index (χ4v) is 3.12. The lowest BCUT2D eigenvalue weighted by Gasteiger charge is -2.22. The molecule has 0 saturated heterocycles. The van der Waals surface area contributed by atoms with Crippen molar-refractivity contribution in [3.63, 3.8) is 0 Å². The Morgan fingerprint density at radius 2 is 1.23 bits per heavy atom. The standard InChI is InChI=1S/C24H18O2/c25-24-21(16-18-10-4-1-5-11-18)17-22(19-12-6-2-7-13-19)23(26-24)20-14-8-3-9-15-20/h1-16H,17H2/b21-16-. The lowest BCUT2D eigenvalue weighted by atomic mass is 9.91. The van der Waals surface area contributed by atoms with Crippen LogP contribution < -0.4 is 0 Å². The molecule has 0 spiro atoms. The number of ether oxygens (including phenoxy) is 1. The van der Waals surface area contributed by atoms with Crippen LogP contribution in [0, 0.1) is 0 Å². The van der Waals surface area contributed by atoms with Gasteiger partial charge in [-0.3, -0.25) is 0 Å². The average molecular weight is 338 g/mol. The number of allylic oxidation sites excluding steroid dienone is 1. The van der Waals surface area contributed by atoms with E-state index in [1.807, 2.05) is 84.9 Å². The van der Waals surface area contributed by atoms with Gasteiger partial charge in [0.2, 0.25) is 0 Å². The zero-order valence-corrected chi connectivity index (χ0v) is 14.3. The zero-order valence-electron chi connectivity index (χ0n) is 14.3. The third kappa shape index (κ3) is 3.35. The first-order valence-electron chi connectivity index (χ1n) is 8.63. The Labute approximate surface area is 153 Å². The minimum atomic E-state index is -0.285. The van der Waals surface area contributed by atoms with Gasteiger partial charge in [0.1, 0.15) is 5.76 Å². The highest BCUT2D eigenvalue weighted by Crippen LogP contribution is 2.37. The Hall–Kier alpha value is -3.39. The van der Waals surface area contributed by atoms with E-state index in [0.717, 1.165) is 22.3 Å². The van der Waals surface area contributed by atoms with E-state index in [-0.39, 0.29) is 5.97 Å². The number of carbonyl (C=O) groups is 1. The summed E-state index contributed by atoms with van der Waals surface area (Å²) in [5, 5.41) is 0. The van der Waals surface area contributed by atoms with Crippen LogP contribution in [0.3, 0.4) is 0 Å². The second-order valence-electron chi connectivity index (χ2n) is 6.19. The highest BCUT2D eigenvalue weighted by molar-refractivity contribution is 6.06. The summed E-state index contributed by atoms with van der Waals surface area (Å²) < 4.78 is 5.80. The fourth-order valence-electron chi connectivity index (χ4n) is 3.12. The molecule has 2 heteroatoms. The molecule has 126 valence electrons. The van der Waals surface area contributed by atoms with Gasteiger partial charge in [-0.15, -0.1) is 0 Å². The first-order chi connectivity index (χ1) is 12.8. The lowest BCUT2D eigenvalue weighted by Crippen LogP contribution is -2.15. The average Bonchev–Trinajstić information content (AvgIpc) is 2.71. The number of cyclic esters (lactones) is 1. The molecule has 26 heavy (non-hydrogen) atoms. The van der Waals surface area contributed by atoms with Crippen LogP contribution in [-0.4, -0.2) is 5.97 Å². The van der Waals surface area contributed by atoms with Gasteiger partial charge >= 0.3 is 5.97 Å². The third-order valence-corrected chi connectivity index (χ3v) is 4.40. The quantitative estimate of drug-likeness (QED) is 0.460. The van der Waals surface area contributed by atoms with Crippen molar-refractivity contribution in [1.82, 2.24) is 0 Å². The lowest BCUT2D eigenvalue weighted by molar-refractivity contribution is -0.132. The fraction of sp³-hybridized carbons (Fsp3) is 0.0417. The molecule has 2 nitrogen and oxygen atoms in total. The Bertz CT molecular complexity index is 968. The maximum absolute atomic E-state index is 12.6. The maximum atomic E-state index is 12.6. The number of hydrogen-bond donors (Lipinski definition) is 0. The smallest absolute Gasteiger partial charge is 0.339 e. The van der Waals surface area contributed by atoms with Crippen molar-refractivity contribution in [2.45, 2.75) is 6.42 Å². The summed E-state index contributed by atoms with van der Waals surface area (Å²) in [4.78, 5) is 12.6. The summed E-state index contributed by atoms with van der Waals surface area (Å²) in [7, 11) is 0. The van der Waals surface area contributed by atoms with E-state index in [2.05, 4.69) is 12.1 Å². The Kier molecular flexibility index (Phi) is 4.48. The predicted molar refractivity (Wildman–Crippen MR) is 105 cm³/mol. The van der Waals surface area contributed by atoms with Gasteiger partial charge in [0.15, 0.2) is 0 Å². The molecule has 0 N–H and O–H groups in total. The second-order valence-corrected chi connectivity index (χ2v) is 6.19. The van der Waals surface area contributed by atoms with E-state index in [1.165, 1.54) is 0 Å². The molecule has 0 aliphatic carbocycles. The van der Waals surface area contributed by atoms with Gasteiger partial charge in [-0.1, -0.05) is 91.0 Å². The summed E-state index contributed by atoms with van der Waals surface area (Å²) >= 11 is 0. The van der Waals surface area contributed by atoms with Crippen molar-refractivity contribution in [3.05, 3.63) is 113 Å². The molecule has 4 rings (SSSR count). The van der Waals surface area contributed by atoms with Crippen LogP contribution in [0.5, 0.6) is 0 Å². The summed E-state index contributed by atoms with van der Waals surface area (Å²) in [6, 6.07) is 29.8. The topological polar surface area (TPSA) is 26.3 Å². The molecule has 0 saturated carbocycles. The molecule has 0 fully saturated rings. The Morgan fingerprint density at radius 3 is 1.85 bits per heavy atom. The zero-order chi connectivity index (χ0) is 17.8. The Morgan fingerprint density at radius 1 is 0.692 bits per heavy atom. The summed E-state index contributed by atoms with van der Waals surface area (Å²) in [6.07, 6.45) is 2.45. The van der Waals surface area contributed by atoms with E-state index in [1.54, 1.807) is 0 Å². The van der Waals surface area contributed by atoms with E-state index < -0.39 is 0 Å². The van der Waals surface area contributed by atoms with Crippen LogP contribution in [-0.2, 0) is 9.53 Å². The van der Waals surface area contributed by atoms with Crippen molar-refractivity contribution in [2.75, 3.05) is 0 Å². The molecule has 3 aromatic rings. The molecule has 0 bridgehead atoms. The van der Waals surface area contributed by atoms with Crippen LogP contribution in [0.25, 0.3) is 17.4 Å². The number of hydrogen-bond acceptors (Lipinski definition) is 2. The van der Waals surface area contributed by atoms with E-state index >= 15 is 0 Å². The van der Waals surface area contributed by atoms with Crippen LogP contribution in [0.2, 0.25) is 0 Å². The molecule has 0 aromatic heterocycles. The number of esters is 1. The SMILES string of the molecule is O=C1OC(c2ccccc2)=C(c2ccccc2)C/C1=C/c1ccccc1. The van der Waals surface area contributed by atoms with Crippen LogP contribution in [0.15, 0.2) is 96.6 Å². The molecule has 0 radical (unpaired) electrons. The molecule has 1 aliphatic rings. The monoisotopic (exact) mass is 338 g/mol. The first kappa shape index (κ1) is 16.1. The van der Waals surface area contributed by atoms with Gasteiger partial charge in [0, 0.05) is 23.1 Å². The van der Waals surface area contributed by atoms with Gasteiger partial charge < -0.3 is 4.74 Å². The second kappa shape index (κ2) is 7.24. The minimum absolute atomic E-state index is 0.285. The summed E-state index contributed by atoms with van der Waals surface area (Å²) in [6.45, 7) is 0. The largest absolute Gasteiger partial charge is 0.422 e. The van der Waals surface area contributed by atoms with Gasteiger partial charge in [0.25, 0.3) is 0 Å². The number of rotatable bonds is 3. The molecule has 1 heterocycles. The van der Waals surface area contributed by atoms with Crippen molar-refractivity contribution in [3.8, 4) is 0 Å². The highest BCUT2D eigenvalue weighted by atomic mass is 16.5. The van der Waals surface area contributed by atoms with Crippen molar-refractivity contribution >= 4 is 23.4 Å². The molecule has 0 unspecified atom stereocenters. The van der Waals surface area contributed by atoms with Gasteiger partial charge in [-0.05, 0) is 17.2 Å². The predicted octanol–water partition coefficient (Wildman–Crippen LogP) is 5.59. The molecular formula is C24H18O2. The maximum Gasteiger partial charge on any atom is 0.339 e. The van der Waals surface area contributed by atoms with Crippen LogP contribution in [0.1, 0.15) is 23.1 Å². The van der Waals surface area contributed by atoms with Crippen LogP contribution in [0.4, 0.5) is 0 Å². The molecule has 3 aromatic carbocycles. The minimum Gasteiger partial charge on any atom is -0.422 e. The van der Waals surface area contributed by atoms with Crippen LogP contribution >= 0.6 is 0 Å². The highest BCUT2D eigenvalue weighted by Gasteiger charge is 2.26. The third-order valence-electron chi connectivity index (χ3n) is 4.40. The molecule has 0 amide bonds. The van der Waals surface area contributed by atoms with Gasteiger partial charge in [-0.2, -0.15) is 0 Å². The van der Waals surface area contributed by atoms with E-state index in [0.29, 0.717) is 17.8 Å². The van der Waals surface area contributed by atoms with Gasteiger partial charge in [-0.25, -0.2) is 4.79 Å². The van der Waals surface area contributed by atoms with E-state index in [9.17, 15) is 4.79 Å². The first-order valence-corrected chi connectivity index (χ1v) is 8.63. The van der Waals surface area contributed by atoms with Gasteiger partial charge in [0.05, 0.1) is 0 Å². The summed E-state index contributed by atoms with van der Waals surface area (Å²) in [5.41, 5.74) is 4.67. The summed E-state index contributed by atoms with van der Waals surface area (Å²) in [5.74, 6) is 0.361. The van der Waals surface area contributed by atoms with Crippen molar-refractivity contribution in [2.24, 2.45) is 0 Å². The number of benzene rings is 3. The molecule has 1 aliphatic heterocycles. The van der Waals surface area contributed by atoms with Crippen molar-refractivity contribution in [1.29, 1.82) is 0 Å². The Balaban J connectivity index is 1.82. The van der Waals surface area contributed by atoms with E-state index in [4.69, 9.17) is 4.74 Å². The number of carbonyl (C=O) groups excluding carboxylic acids is 1.